The summed E-state index contributed by atoms with van der Waals surface area (Å²) < 4.78 is 34.5. The number of benzene rings is 5. The van der Waals surface area contributed by atoms with Gasteiger partial charge in [-0.05, 0) is 51.3 Å². The van der Waals surface area contributed by atoms with Crippen molar-refractivity contribution >= 4 is 51.4 Å². The summed E-state index contributed by atoms with van der Waals surface area (Å²) in [6.07, 6.45) is -0.257. The van der Waals surface area contributed by atoms with Crippen molar-refractivity contribution in [3.63, 3.8) is 0 Å². The van der Waals surface area contributed by atoms with Crippen LogP contribution < -0.4 is 21.3 Å². The highest BCUT2D eigenvalue weighted by Gasteiger charge is 2.40. The van der Waals surface area contributed by atoms with E-state index >= 15 is 0 Å². The Balaban J connectivity index is 1.31. The van der Waals surface area contributed by atoms with E-state index in [1.807, 2.05) is 140 Å². The van der Waals surface area contributed by atoms with Crippen LogP contribution in [0.15, 0.2) is 140 Å². The molecule has 5 aromatic rings. The Kier molecular flexibility index (Phi) is 16.2. The summed E-state index contributed by atoms with van der Waals surface area (Å²) in [6, 6.07) is 40.9. The van der Waals surface area contributed by atoms with Crippen molar-refractivity contribution in [2.45, 2.75) is 49.1 Å². The summed E-state index contributed by atoms with van der Waals surface area (Å²) in [5.74, 6) is -4.19. The van der Waals surface area contributed by atoms with Gasteiger partial charge in [0.1, 0.15) is 41.1 Å². The first-order valence-corrected chi connectivity index (χ1v) is 24.3. The maximum Gasteiger partial charge on any atom is 0.407 e. The highest BCUT2D eigenvalue weighted by atomic mass is 32.2. The molecule has 1 aliphatic rings. The Bertz CT molecular complexity index is 2420. The zero-order chi connectivity index (χ0) is 46.6. The molecule has 65 heavy (non-hydrogen) atoms. The number of thioether (sulfide) groups is 1. The number of carbonyl (C=O) groups excluding carboxylic acids is 5. The van der Waals surface area contributed by atoms with Crippen molar-refractivity contribution in [3.8, 4) is 11.1 Å². The average molecular weight is 919 g/mol. The van der Waals surface area contributed by atoms with Crippen LogP contribution in [0.25, 0.3) is 11.1 Å². The largest absolute Gasteiger partial charge is 0.468 e. The Morgan fingerprint density at radius 3 is 1.60 bits per heavy atom. The minimum atomic E-state index is -3.63. The van der Waals surface area contributed by atoms with E-state index in [0.29, 0.717) is 0 Å². The van der Waals surface area contributed by atoms with Gasteiger partial charge in [-0.15, -0.1) is 11.8 Å². The van der Waals surface area contributed by atoms with Gasteiger partial charge in [-0.1, -0.05) is 153 Å². The van der Waals surface area contributed by atoms with E-state index < -0.39 is 80.7 Å². The molecule has 0 bridgehead atoms. The van der Waals surface area contributed by atoms with Crippen molar-refractivity contribution in [3.05, 3.63) is 167 Å². The normalized spacial score (nSPS) is 13.6. The van der Waals surface area contributed by atoms with E-state index in [-0.39, 0.29) is 24.7 Å². The molecule has 1 aliphatic carbocycles. The van der Waals surface area contributed by atoms with Gasteiger partial charge in [0.15, 0.2) is 0 Å². The summed E-state index contributed by atoms with van der Waals surface area (Å²) in [7, 11) is -2.44. The second-order valence-corrected chi connectivity index (χ2v) is 19.6. The van der Waals surface area contributed by atoms with Crippen molar-refractivity contribution < 1.29 is 41.9 Å². The fourth-order valence-corrected chi connectivity index (χ4v) is 10.2. The minimum absolute atomic E-state index is 0.0584. The van der Waals surface area contributed by atoms with E-state index in [0.717, 1.165) is 45.2 Å². The number of methoxy groups -OCH3 is 1. The number of hydrogen-bond acceptors (Lipinski definition) is 10. The van der Waals surface area contributed by atoms with Gasteiger partial charge in [-0.2, -0.15) is 0 Å². The van der Waals surface area contributed by atoms with E-state index in [1.54, 1.807) is 13.8 Å². The molecule has 13 nitrogen and oxygen atoms in total. The van der Waals surface area contributed by atoms with Crippen LogP contribution in [0.4, 0.5) is 4.79 Å². The zero-order valence-corrected chi connectivity index (χ0v) is 38.3. The van der Waals surface area contributed by atoms with Gasteiger partial charge in [0, 0.05) is 17.9 Å². The number of amides is 4. The topological polar surface area (TPSA) is 186 Å². The lowest BCUT2D eigenvalue weighted by atomic mass is 9.84. The Labute approximate surface area is 384 Å². The fraction of sp³-hybridized carbons (Fsp3) is 0.300. The molecule has 6 rings (SSSR count). The molecule has 0 aliphatic heterocycles. The highest BCUT2D eigenvalue weighted by molar-refractivity contribution is 8.00. The SMILES string of the molecule is COC(=O)CNC(=O)[C@H](NC(=O)[C@@H](CSC(c1ccccc1)(c1ccccc1)c1ccccc1)NC(=O)[C@@H](CCS(C)(=O)=O)NC(=O)OCC1c2ccccc2-c2ccccc21)C(C)C. The predicted octanol–water partition coefficient (Wildman–Crippen LogP) is 5.97. The number of sulfone groups is 1. The van der Waals surface area contributed by atoms with Crippen LogP contribution in [0.3, 0.4) is 0 Å². The molecule has 0 heterocycles. The molecule has 340 valence electrons. The van der Waals surface area contributed by atoms with E-state index in [4.69, 9.17) is 4.74 Å². The first-order valence-electron chi connectivity index (χ1n) is 21.3. The highest BCUT2D eigenvalue weighted by Crippen LogP contribution is 2.49. The van der Waals surface area contributed by atoms with Gasteiger partial charge in [-0.3, -0.25) is 19.2 Å². The summed E-state index contributed by atoms with van der Waals surface area (Å²) in [5.41, 5.74) is 6.68. The lowest BCUT2D eigenvalue weighted by Gasteiger charge is -2.37. The Morgan fingerprint density at radius 1 is 0.646 bits per heavy atom. The molecule has 0 saturated heterocycles. The van der Waals surface area contributed by atoms with E-state index in [2.05, 4.69) is 26.0 Å². The molecule has 0 unspecified atom stereocenters. The predicted molar refractivity (Wildman–Crippen MR) is 252 cm³/mol. The summed E-state index contributed by atoms with van der Waals surface area (Å²) >= 11 is 1.38. The number of nitrogens with one attached hydrogen (secondary N) is 4. The molecule has 15 heteroatoms. The number of hydrogen-bond donors (Lipinski definition) is 4. The molecule has 4 N–H and O–H groups in total. The van der Waals surface area contributed by atoms with Crippen LogP contribution >= 0.6 is 11.8 Å². The van der Waals surface area contributed by atoms with Crippen LogP contribution in [0, 0.1) is 5.92 Å². The Hall–Kier alpha value is -6.45. The molecule has 0 radical (unpaired) electrons. The number of alkyl carbamates (subject to hydrolysis) is 1. The molecule has 0 spiro atoms. The molecular weight excluding hydrogens is 865 g/mol. The lowest BCUT2D eigenvalue weighted by molar-refractivity contribution is -0.141. The van der Waals surface area contributed by atoms with Gasteiger partial charge in [0.2, 0.25) is 17.7 Å². The minimum Gasteiger partial charge on any atom is -0.468 e. The van der Waals surface area contributed by atoms with Gasteiger partial charge in [-0.25, -0.2) is 13.2 Å². The summed E-state index contributed by atoms with van der Waals surface area (Å²) in [6.45, 7) is 2.95. The first-order chi connectivity index (χ1) is 31.2. The third-order valence-corrected chi connectivity index (χ3v) is 13.9. The van der Waals surface area contributed by atoms with Crippen molar-refractivity contribution in [1.82, 2.24) is 21.3 Å². The van der Waals surface area contributed by atoms with Crippen molar-refractivity contribution in [2.75, 3.05) is 38.0 Å². The number of carbonyl (C=O) groups is 5. The van der Waals surface area contributed by atoms with Crippen LogP contribution in [-0.4, -0.2) is 94.4 Å². The smallest absolute Gasteiger partial charge is 0.407 e. The molecule has 0 aromatic heterocycles. The zero-order valence-electron chi connectivity index (χ0n) is 36.7. The van der Waals surface area contributed by atoms with Crippen LogP contribution in [0.5, 0.6) is 0 Å². The monoisotopic (exact) mass is 918 g/mol. The second-order valence-electron chi connectivity index (χ2n) is 16.1. The third kappa shape index (κ3) is 12.0. The lowest BCUT2D eigenvalue weighted by Crippen LogP contribution is -2.59. The molecule has 4 amide bonds. The van der Waals surface area contributed by atoms with Crippen LogP contribution in [0.2, 0.25) is 0 Å². The number of rotatable bonds is 20. The molecular formula is C50H54N4O9S2. The number of esters is 1. The van der Waals surface area contributed by atoms with Gasteiger partial charge in [0.25, 0.3) is 0 Å². The second kappa shape index (κ2) is 22.0. The fourth-order valence-electron chi connectivity index (χ4n) is 7.95. The third-order valence-electron chi connectivity index (χ3n) is 11.3. The maximum atomic E-state index is 14.6. The van der Waals surface area contributed by atoms with Gasteiger partial charge >= 0.3 is 12.1 Å². The van der Waals surface area contributed by atoms with Gasteiger partial charge < -0.3 is 30.7 Å². The Morgan fingerprint density at radius 2 is 1.12 bits per heavy atom. The number of fused-ring (bicyclic) bond motifs is 3. The maximum absolute atomic E-state index is 14.6. The van der Waals surface area contributed by atoms with Crippen LogP contribution in [-0.2, 0) is 43.2 Å². The summed E-state index contributed by atoms with van der Waals surface area (Å²) in [4.78, 5) is 68.0. The summed E-state index contributed by atoms with van der Waals surface area (Å²) in [5, 5.41) is 10.7. The average Bonchev–Trinajstić information content (AvgIpc) is 3.64. The quantitative estimate of drug-likeness (QED) is 0.0536. The van der Waals surface area contributed by atoms with Crippen molar-refractivity contribution in [1.29, 1.82) is 0 Å². The van der Waals surface area contributed by atoms with E-state index in [1.165, 1.54) is 18.9 Å². The van der Waals surface area contributed by atoms with E-state index in [9.17, 15) is 32.4 Å². The number of ether oxygens (including phenoxy) is 2. The van der Waals surface area contributed by atoms with Gasteiger partial charge in [0.05, 0.1) is 17.6 Å². The molecule has 3 atom stereocenters. The molecule has 5 aromatic carbocycles. The molecule has 0 saturated carbocycles. The molecule has 0 fully saturated rings. The first kappa shape index (κ1) is 48.0. The van der Waals surface area contributed by atoms with Crippen molar-refractivity contribution in [2.24, 2.45) is 5.92 Å². The standard InChI is InChI=1S/C50H54N4O9S2/c1-33(2)45(48(58)51-30-44(55)62-3)54-47(57)43(32-64-50(34-18-8-5-9-19-34,35-20-10-6-11-21-35)36-22-12-7-13-23-36)52-46(56)42(28-29-65(4,60)61)53-49(59)63-31-41-39-26-16-14-24-37(39)38-25-15-17-27-40(38)41/h5-27,33,41-43,45H,28-32H2,1-4H3,(H,51,58)(H,52,56)(H,53,59)(H,54,57)/t42-,43-,45-/m1/s1. The van der Waals surface area contributed by atoms with Crippen LogP contribution in [0.1, 0.15) is 54.0 Å².